The van der Waals surface area contributed by atoms with Gasteiger partial charge in [0.2, 0.25) is 0 Å². The Morgan fingerprint density at radius 2 is 1.43 bits per heavy atom. The Hall–Kier alpha value is -0.340. The summed E-state index contributed by atoms with van der Waals surface area (Å²) in [7, 11) is 0. The summed E-state index contributed by atoms with van der Waals surface area (Å²) in [6, 6.07) is 0.535. The molecule has 2 aliphatic carbocycles. The highest BCUT2D eigenvalue weighted by Gasteiger charge is 2.25. The van der Waals surface area contributed by atoms with E-state index in [1.165, 1.54) is 44.1 Å². The van der Waals surface area contributed by atoms with Crippen LogP contribution in [0.15, 0.2) is 11.1 Å². The molecule has 0 aromatic rings. The predicted molar refractivity (Wildman–Crippen MR) is 59.9 cm³/mol. The molecule has 0 aromatic carbocycles. The first kappa shape index (κ1) is 10.2. The lowest BCUT2D eigenvalue weighted by Crippen LogP contribution is -2.38. The van der Waals surface area contributed by atoms with Crippen LogP contribution < -0.4 is 11.5 Å². The van der Waals surface area contributed by atoms with Gasteiger partial charge in [-0.2, -0.15) is 0 Å². The second-order valence-corrected chi connectivity index (χ2v) is 4.76. The molecule has 0 radical (unpaired) electrons. The molecule has 0 amide bonds. The molecule has 2 atom stereocenters. The van der Waals surface area contributed by atoms with Gasteiger partial charge in [0.15, 0.2) is 0 Å². The average molecular weight is 194 g/mol. The second kappa shape index (κ2) is 4.45. The van der Waals surface area contributed by atoms with Crippen molar-refractivity contribution in [2.75, 3.05) is 0 Å². The maximum Gasteiger partial charge on any atom is 0.0271 e. The number of nitrogens with two attached hydrogens (primary N) is 2. The molecule has 80 valence electrons. The molecule has 2 aliphatic rings. The Kier molecular flexibility index (Phi) is 3.24. The number of hydrogen-bond donors (Lipinski definition) is 2. The lowest BCUT2D eigenvalue weighted by molar-refractivity contribution is 0.480. The maximum atomic E-state index is 6.21. The Morgan fingerprint density at radius 3 is 2.21 bits per heavy atom. The van der Waals surface area contributed by atoms with Crippen molar-refractivity contribution in [3.63, 3.8) is 0 Å². The minimum Gasteiger partial charge on any atom is -0.324 e. The van der Waals surface area contributed by atoms with E-state index < -0.39 is 0 Å². The first-order valence-electron chi connectivity index (χ1n) is 6.02. The first-order chi connectivity index (χ1) is 6.79. The molecule has 0 saturated carbocycles. The van der Waals surface area contributed by atoms with E-state index in [2.05, 4.69) is 0 Å². The summed E-state index contributed by atoms with van der Waals surface area (Å²) in [6.07, 6.45) is 10.1. The monoisotopic (exact) mass is 194 g/mol. The summed E-state index contributed by atoms with van der Waals surface area (Å²) < 4.78 is 0. The van der Waals surface area contributed by atoms with Crippen LogP contribution in [-0.2, 0) is 0 Å². The minimum absolute atomic E-state index is 0.264. The molecule has 2 heteroatoms. The fourth-order valence-electron chi connectivity index (χ4n) is 2.94. The van der Waals surface area contributed by atoms with Crippen LogP contribution in [-0.4, -0.2) is 12.1 Å². The van der Waals surface area contributed by atoms with Gasteiger partial charge in [-0.15, -0.1) is 0 Å². The molecule has 0 heterocycles. The van der Waals surface area contributed by atoms with E-state index >= 15 is 0 Å². The van der Waals surface area contributed by atoms with Gasteiger partial charge in [-0.05, 0) is 44.1 Å². The van der Waals surface area contributed by atoms with E-state index in [-0.39, 0.29) is 12.1 Å². The van der Waals surface area contributed by atoms with Gasteiger partial charge in [0.05, 0.1) is 0 Å². The van der Waals surface area contributed by atoms with E-state index in [0.717, 1.165) is 12.8 Å². The van der Waals surface area contributed by atoms with E-state index in [4.69, 9.17) is 11.5 Å². The molecule has 2 unspecified atom stereocenters. The largest absolute Gasteiger partial charge is 0.324 e. The van der Waals surface area contributed by atoms with Crippen molar-refractivity contribution in [2.24, 2.45) is 11.5 Å². The normalized spacial score (nSPS) is 34.7. The highest BCUT2D eigenvalue weighted by Crippen LogP contribution is 2.32. The molecule has 0 aromatic heterocycles. The van der Waals surface area contributed by atoms with Gasteiger partial charge < -0.3 is 11.5 Å². The Balaban J connectivity index is 2.23. The lowest BCUT2D eigenvalue weighted by atomic mass is 9.79. The third-order valence-corrected chi connectivity index (χ3v) is 3.69. The van der Waals surface area contributed by atoms with Crippen LogP contribution in [0.1, 0.15) is 51.4 Å². The van der Waals surface area contributed by atoms with Crippen molar-refractivity contribution < 1.29 is 0 Å². The first-order valence-corrected chi connectivity index (χ1v) is 6.02. The fraction of sp³-hybridized carbons (Fsp3) is 0.833. The lowest BCUT2D eigenvalue weighted by Gasteiger charge is -2.31. The second-order valence-electron chi connectivity index (χ2n) is 4.76. The maximum absolute atomic E-state index is 6.21. The zero-order valence-corrected chi connectivity index (χ0v) is 8.97. The van der Waals surface area contributed by atoms with Crippen molar-refractivity contribution in [2.45, 2.75) is 63.5 Å². The Bertz CT molecular complexity index is 232. The summed E-state index contributed by atoms with van der Waals surface area (Å²) in [6.45, 7) is 0. The number of rotatable bonds is 0. The van der Waals surface area contributed by atoms with E-state index in [1.807, 2.05) is 0 Å². The van der Waals surface area contributed by atoms with Gasteiger partial charge in [0.1, 0.15) is 0 Å². The highest BCUT2D eigenvalue weighted by atomic mass is 14.7. The zero-order chi connectivity index (χ0) is 9.97. The summed E-state index contributed by atoms with van der Waals surface area (Å²) >= 11 is 0. The molecule has 0 saturated heterocycles. The molecular weight excluding hydrogens is 172 g/mol. The van der Waals surface area contributed by atoms with Gasteiger partial charge in [-0.3, -0.25) is 0 Å². The van der Waals surface area contributed by atoms with Crippen LogP contribution in [0, 0.1) is 0 Å². The van der Waals surface area contributed by atoms with Crippen molar-refractivity contribution in [3.05, 3.63) is 11.1 Å². The molecule has 2 nitrogen and oxygen atoms in total. The fourth-order valence-corrected chi connectivity index (χ4v) is 2.94. The Morgan fingerprint density at radius 1 is 0.786 bits per heavy atom. The molecule has 14 heavy (non-hydrogen) atoms. The van der Waals surface area contributed by atoms with Gasteiger partial charge in [-0.25, -0.2) is 0 Å². The molecular formula is C12H22N2. The third kappa shape index (κ3) is 2.01. The van der Waals surface area contributed by atoms with Crippen molar-refractivity contribution in [1.29, 1.82) is 0 Å². The van der Waals surface area contributed by atoms with Crippen molar-refractivity contribution in [3.8, 4) is 0 Å². The van der Waals surface area contributed by atoms with Crippen LogP contribution in [0.5, 0.6) is 0 Å². The summed E-state index contributed by atoms with van der Waals surface area (Å²) in [5.41, 5.74) is 15.4. The topological polar surface area (TPSA) is 52.0 Å². The smallest absolute Gasteiger partial charge is 0.0271 e. The molecule has 0 spiro atoms. The summed E-state index contributed by atoms with van der Waals surface area (Å²) in [4.78, 5) is 0. The predicted octanol–water partition coefficient (Wildman–Crippen LogP) is 2.09. The van der Waals surface area contributed by atoms with Crippen LogP contribution in [0.2, 0.25) is 0 Å². The van der Waals surface area contributed by atoms with Gasteiger partial charge in [-0.1, -0.05) is 18.4 Å². The van der Waals surface area contributed by atoms with Crippen LogP contribution in [0.25, 0.3) is 0 Å². The minimum atomic E-state index is 0.264. The summed E-state index contributed by atoms with van der Waals surface area (Å²) in [5, 5.41) is 0. The third-order valence-electron chi connectivity index (χ3n) is 3.69. The standard InChI is InChI=1S/C12H22N2/c13-10-7-3-1-2-5-9-6-4-8-11(14)12(9)10/h10-11H,1-8,13-14H2. The van der Waals surface area contributed by atoms with Crippen LogP contribution in [0.4, 0.5) is 0 Å². The van der Waals surface area contributed by atoms with E-state index in [1.54, 1.807) is 5.57 Å². The zero-order valence-electron chi connectivity index (χ0n) is 8.97. The van der Waals surface area contributed by atoms with E-state index in [9.17, 15) is 0 Å². The Labute approximate surface area is 86.7 Å². The summed E-state index contributed by atoms with van der Waals surface area (Å²) in [5.74, 6) is 0. The molecule has 4 N–H and O–H groups in total. The molecule has 0 fully saturated rings. The number of hydrogen-bond acceptors (Lipinski definition) is 2. The SMILES string of the molecule is NC1CCCCCC2=C1C(N)CCC2. The van der Waals surface area contributed by atoms with Gasteiger partial charge in [0.25, 0.3) is 0 Å². The van der Waals surface area contributed by atoms with Crippen LogP contribution in [0.3, 0.4) is 0 Å². The number of allylic oxidation sites excluding steroid dienone is 1. The van der Waals surface area contributed by atoms with Crippen molar-refractivity contribution in [1.82, 2.24) is 0 Å². The van der Waals surface area contributed by atoms with Gasteiger partial charge >= 0.3 is 0 Å². The average Bonchev–Trinajstić information content (AvgIpc) is 2.13. The van der Waals surface area contributed by atoms with E-state index in [0.29, 0.717) is 0 Å². The van der Waals surface area contributed by atoms with Gasteiger partial charge in [0, 0.05) is 12.1 Å². The highest BCUT2D eigenvalue weighted by molar-refractivity contribution is 5.27. The quantitative estimate of drug-likeness (QED) is 0.580. The van der Waals surface area contributed by atoms with Crippen molar-refractivity contribution >= 4 is 0 Å². The molecule has 0 bridgehead atoms. The molecule has 2 rings (SSSR count). The van der Waals surface area contributed by atoms with Crippen LogP contribution >= 0.6 is 0 Å². The molecule has 0 aliphatic heterocycles.